The molecule has 0 aromatic rings. The van der Waals surface area contributed by atoms with Crippen LogP contribution in [0.3, 0.4) is 0 Å². The highest BCUT2D eigenvalue weighted by Gasteiger charge is 2.33. The summed E-state index contributed by atoms with van der Waals surface area (Å²) >= 11 is 3.67. The van der Waals surface area contributed by atoms with E-state index >= 15 is 0 Å². The molecule has 1 saturated heterocycles. The van der Waals surface area contributed by atoms with E-state index in [2.05, 4.69) is 27.8 Å². The second-order valence-electron chi connectivity index (χ2n) is 5.10. The summed E-state index contributed by atoms with van der Waals surface area (Å²) in [5.74, 6) is 0. The molecule has 0 bridgehead atoms. The first-order chi connectivity index (χ1) is 8.26. The maximum absolute atomic E-state index is 9.14. The smallest absolute Gasteiger partial charge is 0.0558 e. The fourth-order valence-corrected chi connectivity index (χ4v) is 3.14. The lowest BCUT2D eigenvalue weighted by atomic mass is 9.81. The van der Waals surface area contributed by atoms with Gasteiger partial charge in [0.15, 0.2) is 0 Å². The molecule has 0 aromatic heterocycles. The van der Waals surface area contributed by atoms with Crippen LogP contribution in [0.1, 0.15) is 32.6 Å². The van der Waals surface area contributed by atoms with Crippen molar-refractivity contribution in [3.05, 3.63) is 0 Å². The number of ether oxygens (including phenoxy) is 1. The van der Waals surface area contributed by atoms with Crippen molar-refractivity contribution in [2.75, 3.05) is 44.8 Å². The van der Waals surface area contributed by atoms with Crippen LogP contribution in [-0.2, 0) is 4.74 Å². The van der Waals surface area contributed by atoms with Crippen LogP contribution in [-0.4, -0.2) is 54.8 Å². The predicted octanol–water partition coefficient (Wildman–Crippen LogP) is 2.27. The highest BCUT2D eigenvalue weighted by atomic mass is 79.9. The molecule has 1 rings (SSSR count). The topological polar surface area (TPSA) is 32.7 Å². The number of hydrogen-bond acceptors (Lipinski definition) is 3. The van der Waals surface area contributed by atoms with E-state index in [4.69, 9.17) is 9.84 Å². The van der Waals surface area contributed by atoms with Crippen LogP contribution in [0.15, 0.2) is 0 Å². The van der Waals surface area contributed by atoms with E-state index in [0.29, 0.717) is 5.41 Å². The summed E-state index contributed by atoms with van der Waals surface area (Å²) < 4.78 is 5.46. The molecule has 0 aliphatic carbocycles. The molecule has 1 fully saturated rings. The Morgan fingerprint density at radius 3 is 2.53 bits per heavy atom. The van der Waals surface area contributed by atoms with Gasteiger partial charge in [0.2, 0.25) is 0 Å². The minimum Gasteiger partial charge on any atom is -0.395 e. The largest absolute Gasteiger partial charge is 0.395 e. The maximum Gasteiger partial charge on any atom is 0.0558 e. The number of alkyl halides is 1. The number of nitrogens with zero attached hydrogens (tertiary/aromatic N) is 1. The van der Waals surface area contributed by atoms with Crippen molar-refractivity contribution in [3.8, 4) is 0 Å². The molecule has 0 unspecified atom stereocenters. The van der Waals surface area contributed by atoms with Crippen LogP contribution in [0, 0.1) is 5.41 Å². The van der Waals surface area contributed by atoms with Crippen LogP contribution < -0.4 is 0 Å². The molecule has 1 aliphatic rings. The highest BCUT2D eigenvalue weighted by Crippen LogP contribution is 2.33. The van der Waals surface area contributed by atoms with E-state index in [-0.39, 0.29) is 6.61 Å². The van der Waals surface area contributed by atoms with Gasteiger partial charge < -0.3 is 14.7 Å². The Morgan fingerprint density at radius 2 is 2.00 bits per heavy atom. The van der Waals surface area contributed by atoms with Crippen molar-refractivity contribution >= 4 is 15.9 Å². The Bertz CT molecular complexity index is 196. The quantitative estimate of drug-likeness (QED) is 0.698. The second-order valence-corrected chi connectivity index (χ2v) is 5.66. The standard InChI is InChI=1S/C13H26BrNO2/c1-2-3-6-15(7-8-16)12-13(11-14)4-9-17-10-5-13/h16H,2-12H2,1H3. The zero-order valence-corrected chi connectivity index (χ0v) is 12.5. The van der Waals surface area contributed by atoms with Gasteiger partial charge >= 0.3 is 0 Å². The number of aliphatic hydroxyl groups excluding tert-OH is 1. The molecule has 0 amide bonds. The van der Waals surface area contributed by atoms with E-state index in [1.54, 1.807) is 0 Å². The predicted molar refractivity (Wildman–Crippen MR) is 74.7 cm³/mol. The van der Waals surface area contributed by atoms with Gasteiger partial charge in [0, 0.05) is 31.6 Å². The van der Waals surface area contributed by atoms with Crippen LogP contribution in [0.5, 0.6) is 0 Å². The first kappa shape index (κ1) is 15.4. The van der Waals surface area contributed by atoms with E-state index < -0.39 is 0 Å². The second kappa shape index (κ2) is 8.46. The Morgan fingerprint density at radius 1 is 1.29 bits per heavy atom. The van der Waals surface area contributed by atoms with Gasteiger partial charge in [-0.1, -0.05) is 29.3 Å². The molecule has 4 heteroatoms. The van der Waals surface area contributed by atoms with Crippen molar-refractivity contribution in [1.82, 2.24) is 4.90 Å². The molecule has 1 aliphatic heterocycles. The SMILES string of the molecule is CCCCN(CCO)CC1(CBr)CCOCC1. The number of halogens is 1. The highest BCUT2D eigenvalue weighted by molar-refractivity contribution is 9.09. The van der Waals surface area contributed by atoms with Gasteiger partial charge in [0.25, 0.3) is 0 Å². The molecule has 102 valence electrons. The van der Waals surface area contributed by atoms with Crippen LogP contribution in [0.25, 0.3) is 0 Å². The Kier molecular flexibility index (Phi) is 7.67. The molecule has 3 nitrogen and oxygen atoms in total. The zero-order valence-electron chi connectivity index (χ0n) is 11.0. The van der Waals surface area contributed by atoms with Crippen molar-refractivity contribution in [3.63, 3.8) is 0 Å². The fourth-order valence-electron chi connectivity index (χ4n) is 2.41. The number of aliphatic hydroxyl groups is 1. The molecule has 1 heterocycles. The van der Waals surface area contributed by atoms with Gasteiger partial charge in [-0.05, 0) is 31.2 Å². The number of unbranched alkanes of at least 4 members (excludes halogenated alkanes) is 1. The summed E-state index contributed by atoms with van der Waals surface area (Å²) in [5, 5.41) is 10.2. The summed E-state index contributed by atoms with van der Waals surface area (Å²) in [6, 6.07) is 0. The van der Waals surface area contributed by atoms with Gasteiger partial charge in [0.1, 0.15) is 0 Å². The average Bonchev–Trinajstić information content (AvgIpc) is 2.37. The number of rotatable bonds is 8. The summed E-state index contributed by atoms with van der Waals surface area (Å²) in [7, 11) is 0. The minimum atomic E-state index is 0.262. The first-order valence-corrected chi connectivity index (χ1v) is 7.85. The number of hydrogen-bond donors (Lipinski definition) is 1. The molecule has 0 atom stereocenters. The Labute approximate surface area is 114 Å². The van der Waals surface area contributed by atoms with Crippen molar-refractivity contribution in [1.29, 1.82) is 0 Å². The summed E-state index contributed by atoms with van der Waals surface area (Å²) in [5.41, 5.74) is 0.348. The monoisotopic (exact) mass is 307 g/mol. The summed E-state index contributed by atoms with van der Waals surface area (Å²) in [6.45, 7) is 7.23. The maximum atomic E-state index is 9.14. The third kappa shape index (κ3) is 5.25. The van der Waals surface area contributed by atoms with Gasteiger partial charge in [-0.15, -0.1) is 0 Å². The molecular formula is C13H26BrNO2. The lowest BCUT2D eigenvalue weighted by molar-refractivity contribution is 0.00569. The molecule has 17 heavy (non-hydrogen) atoms. The van der Waals surface area contributed by atoms with Crippen LogP contribution in [0.4, 0.5) is 0 Å². The van der Waals surface area contributed by atoms with Gasteiger partial charge in [-0.2, -0.15) is 0 Å². The molecule has 0 spiro atoms. The van der Waals surface area contributed by atoms with Crippen molar-refractivity contribution < 1.29 is 9.84 Å². The van der Waals surface area contributed by atoms with E-state index in [1.807, 2.05) is 0 Å². The van der Waals surface area contributed by atoms with E-state index in [0.717, 1.165) is 51.0 Å². The molecule has 1 N–H and O–H groups in total. The van der Waals surface area contributed by atoms with Gasteiger partial charge in [0.05, 0.1) is 6.61 Å². The lowest BCUT2D eigenvalue weighted by Crippen LogP contribution is -2.44. The summed E-state index contributed by atoms with van der Waals surface area (Å²) in [4.78, 5) is 2.41. The lowest BCUT2D eigenvalue weighted by Gasteiger charge is -2.39. The van der Waals surface area contributed by atoms with Crippen molar-refractivity contribution in [2.45, 2.75) is 32.6 Å². The Hall–Kier alpha value is 0.360. The van der Waals surface area contributed by atoms with Gasteiger partial charge in [-0.3, -0.25) is 0 Å². The van der Waals surface area contributed by atoms with E-state index in [1.165, 1.54) is 12.8 Å². The fraction of sp³-hybridized carbons (Fsp3) is 1.00. The van der Waals surface area contributed by atoms with Crippen LogP contribution in [0.2, 0.25) is 0 Å². The third-order valence-electron chi connectivity index (χ3n) is 3.64. The Balaban J connectivity index is 2.48. The zero-order chi connectivity index (χ0) is 12.6. The van der Waals surface area contributed by atoms with E-state index in [9.17, 15) is 0 Å². The summed E-state index contributed by atoms with van der Waals surface area (Å²) in [6.07, 6.45) is 4.69. The molecular weight excluding hydrogens is 282 g/mol. The molecule has 0 saturated carbocycles. The van der Waals surface area contributed by atoms with Crippen molar-refractivity contribution in [2.24, 2.45) is 5.41 Å². The molecule has 0 aromatic carbocycles. The third-order valence-corrected chi connectivity index (χ3v) is 4.83. The molecule has 0 radical (unpaired) electrons. The normalized spacial score (nSPS) is 19.8. The van der Waals surface area contributed by atoms with Crippen LogP contribution >= 0.6 is 15.9 Å². The first-order valence-electron chi connectivity index (χ1n) is 6.73. The average molecular weight is 308 g/mol. The minimum absolute atomic E-state index is 0.262. The van der Waals surface area contributed by atoms with Gasteiger partial charge in [-0.25, -0.2) is 0 Å².